The zero-order valence-electron chi connectivity index (χ0n) is 27.7. The Morgan fingerprint density at radius 3 is 0.833 bits per heavy atom. The van der Waals surface area contributed by atoms with Crippen molar-refractivity contribution in [1.82, 2.24) is 0 Å². The van der Waals surface area contributed by atoms with Crippen molar-refractivity contribution in [2.24, 2.45) is 11.8 Å². The standard InChI is InChI=1S/2C9H13.2C6H6N.2C2H6Si.2ClH.2Ti/c2*1-6-5-7(2)9(4)8(6)3;2*7-6-4-2-1-3-5-6;2*1-3-2;;;;/h2*6H,1-4H3;2*1-5,7H;2*1-2H3;2*1H;;/q4*-1;;;;;2*+2/p-2. The van der Waals surface area contributed by atoms with Gasteiger partial charge < -0.3 is 36.3 Å². The molecule has 2 aromatic rings. The van der Waals surface area contributed by atoms with Crippen molar-refractivity contribution in [2.75, 3.05) is 0 Å². The van der Waals surface area contributed by atoms with Gasteiger partial charge in [-0.25, -0.2) is 11.1 Å². The maximum Gasteiger partial charge on any atom is -0.0624 e. The van der Waals surface area contributed by atoms with Crippen LogP contribution in [0.25, 0.3) is 11.5 Å². The molecule has 0 spiro atoms. The molecule has 2 atom stereocenters. The molecule has 0 saturated carbocycles. The van der Waals surface area contributed by atoms with E-state index in [1.165, 1.54) is 33.4 Å². The van der Waals surface area contributed by atoms with Crippen LogP contribution in [-0.2, 0) is 38.3 Å². The first-order valence-electron chi connectivity index (χ1n) is 13.6. The number of hydrogen-bond acceptors (Lipinski definition) is 0. The number of halogens is 2. The van der Waals surface area contributed by atoms with Gasteiger partial charge in [0, 0.05) is 0 Å². The predicted octanol–water partition coefficient (Wildman–Crippen LogP) is 5.76. The molecule has 2 aliphatic rings. The van der Waals surface area contributed by atoms with E-state index in [-0.39, 0.29) is 37.2 Å². The molecule has 0 radical (unpaired) electrons. The molecule has 0 aromatic heterocycles. The Hall–Kier alpha value is -0.558. The van der Waals surface area contributed by atoms with E-state index in [0.29, 0.717) is 23.2 Å². The molecule has 2 aliphatic carbocycles. The Balaban J connectivity index is -0.000000210. The summed E-state index contributed by atoms with van der Waals surface area (Å²) >= 11 is 4.54. The van der Waals surface area contributed by atoms with Crippen molar-refractivity contribution >= 4 is 23.7 Å². The average Bonchev–Trinajstić information content (AvgIpc) is 3.22. The van der Waals surface area contributed by atoms with Crippen molar-refractivity contribution in [2.45, 2.75) is 81.6 Å². The number of nitrogens with one attached hydrogen (secondary N) is 2. The average molecular weight is 710 g/mol. The molecule has 0 bridgehead atoms. The number of rotatable bonds is 0. The van der Waals surface area contributed by atoms with Crippen LogP contribution in [0.3, 0.4) is 0 Å². The second-order valence-electron chi connectivity index (χ2n) is 10.3. The van der Waals surface area contributed by atoms with Crippen LogP contribution >= 0.6 is 0 Å². The summed E-state index contributed by atoms with van der Waals surface area (Å²) in [6, 6.07) is 18.2. The van der Waals surface area contributed by atoms with Gasteiger partial charge in [-0.3, -0.25) is 12.2 Å². The molecule has 2 nitrogen and oxygen atoms in total. The van der Waals surface area contributed by atoms with Gasteiger partial charge in [0.05, 0.1) is 0 Å². The summed E-state index contributed by atoms with van der Waals surface area (Å²) < 4.78 is 0. The molecule has 0 heterocycles. The second kappa shape index (κ2) is 28.0. The van der Waals surface area contributed by atoms with Crippen LogP contribution in [0.15, 0.2) is 94.1 Å². The third kappa shape index (κ3) is 25.9. The fraction of sp³-hybridized carbons (Fsp3) is 0.412. The Labute approximate surface area is 295 Å². The normalized spacial score (nSPS) is 15.8. The first kappa shape index (κ1) is 48.3. The molecule has 0 saturated heterocycles. The van der Waals surface area contributed by atoms with Gasteiger partial charge in [-0.1, -0.05) is 114 Å². The SMILES string of the molecule is CC1=[C-]C(C)C(C)=C1C.CC1=[C-]C(C)C(C)=C1C.C[Si](C)=[Ti+2].C[Si](C)=[Ti+2].[Cl-].[Cl-].[NH-]c1ccccc1.[NH-]c1ccccc1. The minimum absolute atomic E-state index is 0. The number of allylic oxidation sites excluding steroid dienone is 8. The van der Waals surface area contributed by atoms with Crippen molar-refractivity contribution < 1.29 is 63.2 Å². The number of hydrogen-bond donors (Lipinski definition) is 0. The Bertz CT molecular complexity index is 1080. The van der Waals surface area contributed by atoms with Gasteiger partial charge in [-0.15, -0.1) is 25.2 Å². The van der Waals surface area contributed by atoms with E-state index in [1.807, 2.05) is 36.4 Å². The minimum Gasteiger partial charge on any atom is -1.00 e. The Kier molecular flexibility index (Phi) is 32.2. The van der Waals surface area contributed by atoms with E-state index in [4.69, 9.17) is 11.5 Å². The van der Waals surface area contributed by atoms with Gasteiger partial charge in [0.25, 0.3) is 0 Å². The molecule has 0 fully saturated rings. The third-order valence-electron chi connectivity index (χ3n) is 6.02. The van der Waals surface area contributed by atoms with E-state index < -0.39 is 0 Å². The topological polar surface area (TPSA) is 47.6 Å². The molecule has 2 unspecified atom stereocenters. The van der Waals surface area contributed by atoms with Crippen LogP contribution in [0.4, 0.5) is 11.4 Å². The van der Waals surface area contributed by atoms with Crippen molar-refractivity contribution in [3.63, 3.8) is 0 Å². The van der Waals surface area contributed by atoms with Crippen molar-refractivity contribution in [3.05, 3.63) is 118 Å². The van der Waals surface area contributed by atoms with Crippen molar-refractivity contribution in [1.29, 1.82) is 0 Å². The molecule has 42 heavy (non-hydrogen) atoms. The van der Waals surface area contributed by atoms with Gasteiger partial charge in [-0.05, 0) is 0 Å². The minimum atomic E-state index is 0. The predicted molar refractivity (Wildman–Crippen MR) is 176 cm³/mol. The quantitative estimate of drug-likeness (QED) is 0.247. The van der Waals surface area contributed by atoms with E-state index >= 15 is 0 Å². The molecule has 228 valence electrons. The van der Waals surface area contributed by atoms with Crippen LogP contribution < -0.4 is 24.8 Å². The number of benzene rings is 2. The monoisotopic (exact) mass is 708 g/mol. The summed E-state index contributed by atoms with van der Waals surface area (Å²) in [6.07, 6.45) is 6.96. The van der Waals surface area contributed by atoms with E-state index in [1.54, 1.807) is 24.3 Å². The Morgan fingerprint density at radius 1 is 0.548 bits per heavy atom. The fourth-order valence-electron chi connectivity index (χ4n) is 3.20. The summed E-state index contributed by atoms with van der Waals surface area (Å²) in [6.45, 7) is 26.4. The van der Waals surface area contributed by atoms with E-state index in [0.717, 1.165) is 0 Å². The molecular weight excluding hydrogens is 659 g/mol. The first-order chi connectivity index (χ1) is 18.5. The van der Waals surface area contributed by atoms with Gasteiger partial charge in [0.2, 0.25) is 0 Å². The summed E-state index contributed by atoms with van der Waals surface area (Å²) in [5, 5.41) is 0. The summed E-state index contributed by atoms with van der Waals surface area (Å²) in [5.74, 6) is 1.12. The second-order valence-corrected chi connectivity index (χ2v) is 23.7. The van der Waals surface area contributed by atoms with Crippen LogP contribution in [0.2, 0.25) is 26.2 Å². The summed E-state index contributed by atoms with van der Waals surface area (Å²) in [7, 11) is 0. The van der Waals surface area contributed by atoms with Crippen LogP contribution in [0, 0.1) is 24.0 Å². The molecule has 2 N–H and O–H groups in total. The molecular formula is C34H50Cl2N2Si2Ti2-2. The van der Waals surface area contributed by atoms with Crippen LogP contribution in [0.5, 0.6) is 0 Å². The largest absolute Gasteiger partial charge is 1.00 e. The maximum absolute atomic E-state index is 7.00. The fourth-order valence-corrected chi connectivity index (χ4v) is 3.20. The smallest absolute Gasteiger partial charge is 0.0624 e. The van der Waals surface area contributed by atoms with Gasteiger partial charge in [0.15, 0.2) is 0 Å². The van der Waals surface area contributed by atoms with Crippen molar-refractivity contribution in [3.8, 4) is 0 Å². The zero-order chi connectivity index (χ0) is 31.4. The van der Waals surface area contributed by atoms with Crippen LogP contribution in [-0.4, -0.2) is 12.4 Å². The van der Waals surface area contributed by atoms with E-state index in [9.17, 15) is 0 Å². The molecule has 4 rings (SSSR count). The summed E-state index contributed by atoms with van der Waals surface area (Å²) in [5.41, 5.74) is 23.6. The maximum atomic E-state index is 7.00. The molecule has 8 heteroatoms. The molecule has 0 aliphatic heterocycles. The van der Waals surface area contributed by atoms with Gasteiger partial charge in [-0.2, -0.15) is 22.3 Å². The first-order valence-corrected chi connectivity index (χ1v) is 23.3. The zero-order valence-corrected chi connectivity index (χ0v) is 34.3. The Morgan fingerprint density at radius 2 is 0.762 bits per heavy atom. The summed E-state index contributed by atoms with van der Waals surface area (Å²) in [4.78, 5) is 0. The molecule has 0 amide bonds. The van der Waals surface area contributed by atoms with Gasteiger partial charge >= 0.3 is 76.9 Å². The van der Waals surface area contributed by atoms with Gasteiger partial charge in [0.1, 0.15) is 0 Å². The van der Waals surface area contributed by atoms with Crippen LogP contribution in [0.1, 0.15) is 55.4 Å². The molecule has 2 aromatic carbocycles. The van der Waals surface area contributed by atoms with E-state index in [2.05, 4.69) is 132 Å². The third-order valence-corrected chi connectivity index (χ3v) is 6.02.